The molecule has 1 aliphatic heterocycles. The van der Waals surface area contributed by atoms with Crippen molar-refractivity contribution in [1.29, 1.82) is 0 Å². The highest BCUT2D eigenvalue weighted by Gasteiger charge is 2.15. The first-order valence-corrected chi connectivity index (χ1v) is 7.43. The van der Waals surface area contributed by atoms with Gasteiger partial charge in [-0.3, -0.25) is 4.90 Å². The number of nitrogens with zero attached hydrogens (tertiary/aromatic N) is 1. The summed E-state index contributed by atoms with van der Waals surface area (Å²) in [6.45, 7) is 2.99. The fourth-order valence-corrected chi connectivity index (χ4v) is 3.03. The van der Waals surface area contributed by atoms with Gasteiger partial charge in [0, 0.05) is 23.8 Å². The molecule has 1 heterocycles. The van der Waals surface area contributed by atoms with Crippen LogP contribution in [0.1, 0.15) is 23.1 Å². The second-order valence-corrected chi connectivity index (χ2v) is 5.86. The molecular formula is C17H19ClN2. The van der Waals surface area contributed by atoms with Gasteiger partial charge in [-0.05, 0) is 48.2 Å². The minimum Gasteiger partial charge on any atom is -0.398 e. The zero-order valence-electron chi connectivity index (χ0n) is 11.5. The van der Waals surface area contributed by atoms with Gasteiger partial charge in [0.15, 0.2) is 0 Å². The van der Waals surface area contributed by atoms with Crippen LogP contribution < -0.4 is 5.73 Å². The van der Waals surface area contributed by atoms with Gasteiger partial charge in [0.05, 0.1) is 0 Å². The lowest BCUT2D eigenvalue weighted by Gasteiger charge is -2.21. The van der Waals surface area contributed by atoms with E-state index >= 15 is 0 Å². The highest BCUT2D eigenvalue weighted by Crippen LogP contribution is 2.23. The number of halogens is 1. The van der Waals surface area contributed by atoms with Crippen molar-refractivity contribution < 1.29 is 0 Å². The molecule has 0 aromatic heterocycles. The molecule has 3 heteroatoms. The summed E-state index contributed by atoms with van der Waals surface area (Å²) in [4.78, 5) is 2.46. The van der Waals surface area contributed by atoms with E-state index in [0.717, 1.165) is 30.9 Å². The van der Waals surface area contributed by atoms with Gasteiger partial charge in [-0.25, -0.2) is 0 Å². The number of hydrogen-bond acceptors (Lipinski definition) is 2. The first-order valence-electron chi connectivity index (χ1n) is 7.05. The van der Waals surface area contributed by atoms with E-state index in [2.05, 4.69) is 29.2 Å². The molecule has 104 valence electrons. The fourth-order valence-electron chi connectivity index (χ4n) is 2.85. The van der Waals surface area contributed by atoms with E-state index in [1.165, 1.54) is 24.0 Å². The Morgan fingerprint density at radius 3 is 2.70 bits per heavy atom. The molecular weight excluding hydrogens is 268 g/mol. The Kier molecular flexibility index (Phi) is 3.95. The number of rotatable bonds is 2. The van der Waals surface area contributed by atoms with Crippen molar-refractivity contribution in [3.63, 3.8) is 0 Å². The maximum atomic E-state index is 6.06. The van der Waals surface area contributed by atoms with Gasteiger partial charge in [0.1, 0.15) is 0 Å². The van der Waals surface area contributed by atoms with Crippen LogP contribution in [-0.2, 0) is 19.5 Å². The van der Waals surface area contributed by atoms with Crippen LogP contribution in [-0.4, -0.2) is 11.4 Å². The molecule has 0 atom stereocenters. The number of aryl methyl sites for hydroxylation is 1. The van der Waals surface area contributed by atoms with E-state index in [1.807, 2.05) is 18.2 Å². The number of nitrogen functional groups attached to an aromatic ring is 1. The van der Waals surface area contributed by atoms with E-state index in [0.29, 0.717) is 5.02 Å². The lowest BCUT2D eigenvalue weighted by atomic mass is 10.0. The molecule has 2 N–H and O–H groups in total. The molecule has 3 rings (SSSR count). The van der Waals surface area contributed by atoms with Crippen molar-refractivity contribution in [3.8, 4) is 0 Å². The lowest BCUT2D eigenvalue weighted by Crippen LogP contribution is -2.23. The summed E-state index contributed by atoms with van der Waals surface area (Å²) < 4.78 is 0. The van der Waals surface area contributed by atoms with Gasteiger partial charge in [0.25, 0.3) is 0 Å². The van der Waals surface area contributed by atoms with E-state index in [-0.39, 0.29) is 0 Å². The Balaban J connectivity index is 1.78. The van der Waals surface area contributed by atoms with Gasteiger partial charge in [0.2, 0.25) is 0 Å². The zero-order chi connectivity index (χ0) is 13.9. The molecule has 2 aromatic carbocycles. The number of nitrogens with two attached hydrogens (primary N) is 1. The maximum absolute atomic E-state index is 6.06. The van der Waals surface area contributed by atoms with Crippen LogP contribution in [0.4, 0.5) is 5.69 Å². The molecule has 2 nitrogen and oxygen atoms in total. The van der Waals surface area contributed by atoms with Crippen LogP contribution >= 0.6 is 11.6 Å². The standard InChI is InChI=1S/C17H19ClN2/c18-16-8-7-15(17(19)10-16)12-20-9-3-6-13-4-1-2-5-14(13)11-20/h1-2,4-5,7-8,10H,3,6,9,11-12,19H2. The third kappa shape index (κ3) is 2.97. The maximum Gasteiger partial charge on any atom is 0.0426 e. The van der Waals surface area contributed by atoms with Crippen LogP contribution in [0, 0.1) is 0 Å². The minimum absolute atomic E-state index is 0.701. The van der Waals surface area contributed by atoms with Crippen molar-refractivity contribution in [3.05, 3.63) is 64.2 Å². The highest BCUT2D eigenvalue weighted by molar-refractivity contribution is 6.30. The average molecular weight is 287 g/mol. The third-order valence-electron chi connectivity index (χ3n) is 3.93. The molecule has 0 saturated carbocycles. The predicted octanol–water partition coefficient (Wildman–Crippen LogP) is 3.87. The third-order valence-corrected chi connectivity index (χ3v) is 4.17. The first-order chi connectivity index (χ1) is 9.72. The summed E-state index contributed by atoms with van der Waals surface area (Å²) in [5.74, 6) is 0. The van der Waals surface area contributed by atoms with Gasteiger partial charge in [-0.2, -0.15) is 0 Å². The summed E-state index contributed by atoms with van der Waals surface area (Å²) in [5.41, 5.74) is 10.9. The molecule has 0 unspecified atom stereocenters. The zero-order valence-corrected chi connectivity index (χ0v) is 12.2. The van der Waals surface area contributed by atoms with E-state index in [4.69, 9.17) is 17.3 Å². The molecule has 1 aliphatic rings. The van der Waals surface area contributed by atoms with Crippen molar-refractivity contribution in [1.82, 2.24) is 4.90 Å². The summed E-state index contributed by atoms with van der Waals surface area (Å²) in [6, 6.07) is 14.5. The van der Waals surface area contributed by atoms with Crippen LogP contribution in [0.25, 0.3) is 0 Å². The van der Waals surface area contributed by atoms with Crippen molar-refractivity contribution in [2.75, 3.05) is 12.3 Å². The van der Waals surface area contributed by atoms with Gasteiger partial charge in [-0.1, -0.05) is 41.9 Å². The van der Waals surface area contributed by atoms with Crippen LogP contribution in [0.15, 0.2) is 42.5 Å². The normalized spacial score (nSPS) is 15.7. The van der Waals surface area contributed by atoms with Crippen molar-refractivity contribution >= 4 is 17.3 Å². The Morgan fingerprint density at radius 1 is 1.10 bits per heavy atom. The Hall–Kier alpha value is -1.51. The van der Waals surface area contributed by atoms with Gasteiger partial charge < -0.3 is 5.73 Å². The monoisotopic (exact) mass is 286 g/mol. The Labute approximate surface area is 125 Å². The second-order valence-electron chi connectivity index (χ2n) is 5.43. The molecule has 0 radical (unpaired) electrons. The largest absolute Gasteiger partial charge is 0.398 e. The quantitative estimate of drug-likeness (QED) is 0.849. The molecule has 2 aromatic rings. The Morgan fingerprint density at radius 2 is 1.90 bits per heavy atom. The SMILES string of the molecule is Nc1cc(Cl)ccc1CN1CCCc2ccccc2C1. The second kappa shape index (κ2) is 5.86. The van der Waals surface area contributed by atoms with E-state index in [9.17, 15) is 0 Å². The summed E-state index contributed by atoms with van der Waals surface area (Å²) in [6.07, 6.45) is 2.37. The van der Waals surface area contributed by atoms with Crippen molar-refractivity contribution in [2.45, 2.75) is 25.9 Å². The molecule has 20 heavy (non-hydrogen) atoms. The summed E-state index contributed by atoms with van der Waals surface area (Å²) >= 11 is 5.96. The van der Waals surface area contributed by atoms with Crippen LogP contribution in [0.5, 0.6) is 0 Å². The fraction of sp³-hybridized carbons (Fsp3) is 0.294. The smallest absolute Gasteiger partial charge is 0.0426 e. The summed E-state index contributed by atoms with van der Waals surface area (Å²) in [5, 5.41) is 0.701. The highest BCUT2D eigenvalue weighted by atomic mass is 35.5. The lowest BCUT2D eigenvalue weighted by molar-refractivity contribution is 0.261. The molecule has 0 fully saturated rings. The van der Waals surface area contributed by atoms with Crippen LogP contribution in [0.3, 0.4) is 0 Å². The van der Waals surface area contributed by atoms with E-state index < -0.39 is 0 Å². The summed E-state index contributed by atoms with van der Waals surface area (Å²) in [7, 11) is 0. The molecule has 0 amide bonds. The van der Waals surface area contributed by atoms with Gasteiger partial charge in [-0.15, -0.1) is 0 Å². The molecule has 0 aliphatic carbocycles. The topological polar surface area (TPSA) is 29.3 Å². The number of hydrogen-bond donors (Lipinski definition) is 1. The molecule has 0 saturated heterocycles. The average Bonchev–Trinajstić information content (AvgIpc) is 2.63. The van der Waals surface area contributed by atoms with E-state index in [1.54, 1.807) is 0 Å². The van der Waals surface area contributed by atoms with Crippen LogP contribution in [0.2, 0.25) is 5.02 Å². The molecule has 0 bridgehead atoms. The van der Waals surface area contributed by atoms with Gasteiger partial charge >= 0.3 is 0 Å². The number of benzene rings is 2. The van der Waals surface area contributed by atoms with Crippen molar-refractivity contribution in [2.24, 2.45) is 0 Å². The first kappa shape index (κ1) is 13.5. The number of fused-ring (bicyclic) bond motifs is 1. The Bertz CT molecular complexity index is 610. The minimum atomic E-state index is 0.701. The molecule has 0 spiro atoms. The predicted molar refractivity (Wildman–Crippen MR) is 84.7 cm³/mol. The number of anilines is 1.